The Balaban J connectivity index is 2.40. The average molecular weight is 141 g/mol. The van der Waals surface area contributed by atoms with Crippen molar-refractivity contribution in [2.75, 3.05) is 14.2 Å². The van der Waals surface area contributed by atoms with E-state index in [4.69, 9.17) is 4.84 Å². The zero-order chi connectivity index (χ0) is 7.40. The van der Waals surface area contributed by atoms with Crippen LogP contribution in [0.5, 0.6) is 0 Å². The van der Waals surface area contributed by atoms with Gasteiger partial charge in [-0.15, -0.1) is 0 Å². The van der Waals surface area contributed by atoms with Gasteiger partial charge in [-0.05, 0) is 0 Å². The molecule has 0 aliphatic carbocycles. The molecule has 0 aromatic carbocycles. The van der Waals surface area contributed by atoms with Gasteiger partial charge < -0.3 is 9.82 Å². The SMILES string of the molecule is CON(C)Cc1cnc[nH]1. The first kappa shape index (κ1) is 7.24. The number of aromatic amines is 1. The Labute approximate surface area is 59.8 Å². The van der Waals surface area contributed by atoms with Gasteiger partial charge in [0, 0.05) is 13.2 Å². The summed E-state index contributed by atoms with van der Waals surface area (Å²) in [6, 6.07) is 0. The molecule has 10 heavy (non-hydrogen) atoms. The molecule has 0 saturated heterocycles. The van der Waals surface area contributed by atoms with Crippen LogP contribution in [0, 0.1) is 0 Å². The second-order valence-corrected chi connectivity index (χ2v) is 2.05. The van der Waals surface area contributed by atoms with Crippen LogP contribution in [0.15, 0.2) is 12.5 Å². The molecular formula is C6H11N3O. The van der Waals surface area contributed by atoms with Crippen molar-refractivity contribution in [1.29, 1.82) is 0 Å². The number of nitrogens with one attached hydrogen (secondary N) is 1. The minimum atomic E-state index is 0.733. The van der Waals surface area contributed by atoms with Crippen molar-refractivity contribution < 1.29 is 4.84 Å². The lowest BCUT2D eigenvalue weighted by Gasteiger charge is -2.10. The van der Waals surface area contributed by atoms with Gasteiger partial charge in [-0.2, -0.15) is 5.06 Å². The van der Waals surface area contributed by atoms with Crippen LogP contribution >= 0.6 is 0 Å². The lowest BCUT2D eigenvalue weighted by Crippen LogP contribution is -2.15. The lowest BCUT2D eigenvalue weighted by atomic mass is 10.5. The molecule has 0 aliphatic rings. The van der Waals surface area contributed by atoms with Gasteiger partial charge in [0.25, 0.3) is 0 Å². The normalized spacial score (nSPS) is 10.7. The molecule has 1 heterocycles. The second-order valence-electron chi connectivity index (χ2n) is 2.05. The molecule has 1 N–H and O–H groups in total. The fraction of sp³-hybridized carbons (Fsp3) is 0.500. The molecule has 0 radical (unpaired) electrons. The van der Waals surface area contributed by atoms with Crippen molar-refractivity contribution in [2.24, 2.45) is 0 Å². The Hall–Kier alpha value is -0.870. The highest BCUT2D eigenvalue weighted by atomic mass is 16.7. The molecule has 1 rings (SSSR count). The number of H-pyrrole nitrogens is 1. The first-order valence-corrected chi connectivity index (χ1v) is 3.05. The summed E-state index contributed by atoms with van der Waals surface area (Å²) in [5.74, 6) is 0. The molecule has 0 saturated carbocycles. The summed E-state index contributed by atoms with van der Waals surface area (Å²) in [6.45, 7) is 0.733. The zero-order valence-electron chi connectivity index (χ0n) is 6.16. The summed E-state index contributed by atoms with van der Waals surface area (Å²) in [5, 5.41) is 1.72. The van der Waals surface area contributed by atoms with Crippen LogP contribution < -0.4 is 0 Å². The third-order valence-electron chi connectivity index (χ3n) is 1.26. The predicted molar refractivity (Wildman–Crippen MR) is 37.1 cm³/mol. The number of aromatic nitrogens is 2. The van der Waals surface area contributed by atoms with Crippen LogP contribution in [0.2, 0.25) is 0 Å². The Bertz CT molecular complexity index is 173. The summed E-state index contributed by atoms with van der Waals surface area (Å²) >= 11 is 0. The zero-order valence-corrected chi connectivity index (χ0v) is 6.16. The number of hydrogen-bond acceptors (Lipinski definition) is 3. The van der Waals surface area contributed by atoms with E-state index in [2.05, 4.69) is 9.97 Å². The van der Waals surface area contributed by atoms with E-state index in [9.17, 15) is 0 Å². The molecular weight excluding hydrogens is 130 g/mol. The van der Waals surface area contributed by atoms with E-state index in [1.54, 1.807) is 24.7 Å². The third-order valence-corrected chi connectivity index (χ3v) is 1.26. The monoisotopic (exact) mass is 141 g/mol. The number of hydrogen-bond donors (Lipinski definition) is 1. The standard InChI is InChI=1S/C6H11N3O/c1-9(10-2)4-6-3-7-5-8-6/h3,5H,4H2,1-2H3,(H,7,8). The minimum absolute atomic E-state index is 0.733. The summed E-state index contributed by atoms with van der Waals surface area (Å²) in [4.78, 5) is 11.8. The van der Waals surface area contributed by atoms with Crippen LogP contribution in [-0.4, -0.2) is 29.2 Å². The quantitative estimate of drug-likeness (QED) is 0.619. The van der Waals surface area contributed by atoms with Gasteiger partial charge in [0.15, 0.2) is 0 Å². The molecule has 0 fully saturated rings. The van der Waals surface area contributed by atoms with Crippen molar-refractivity contribution in [2.45, 2.75) is 6.54 Å². The van der Waals surface area contributed by atoms with Gasteiger partial charge in [-0.1, -0.05) is 0 Å². The van der Waals surface area contributed by atoms with Gasteiger partial charge in [-0.25, -0.2) is 4.98 Å². The summed E-state index contributed by atoms with van der Waals surface area (Å²) in [7, 11) is 3.50. The molecule has 0 bridgehead atoms. The maximum absolute atomic E-state index is 4.91. The maximum atomic E-state index is 4.91. The van der Waals surface area contributed by atoms with Crippen molar-refractivity contribution in [3.63, 3.8) is 0 Å². The van der Waals surface area contributed by atoms with Crippen molar-refractivity contribution >= 4 is 0 Å². The van der Waals surface area contributed by atoms with Gasteiger partial charge in [-0.3, -0.25) is 0 Å². The molecule has 1 aromatic heterocycles. The van der Waals surface area contributed by atoms with E-state index < -0.39 is 0 Å². The molecule has 0 amide bonds. The number of rotatable bonds is 3. The summed E-state index contributed by atoms with van der Waals surface area (Å²) in [5.41, 5.74) is 1.05. The number of nitrogens with zero attached hydrogens (tertiary/aromatic N) is 2. The second kappa shape index (κ2) is 3.34. The van der Waals surface area contributed by atoms with E-state index >= 15 is 0 Å². The molecule has 4 nitrogen and oxygen atoms in total. The maximum Gasteiger partial charge on any atom is 0.0922 e. The Morgan fingerprint density at radius 1 is 1.80 bits per heavy atom. The van der Waals surface area contributed by atoms with E-state index in [1.165, 1.54) is 0 Å². The van der Waals surface area contributed by atoms with Crippen LogP contribution in [0.25, 0.3) is 0 Å². The topological polar surface area (TPSA) is 41.1 Å². The molecule has 0 unspecified atom stereocenters. The predicted octanol–water partition coefficient (Wildman–Crippen LogP) is 0.403. The van der Waals surface area contributed by atoms with Gasteiger partial charge in [0.1, 0.15) is 0 Å². The third kappa shape index (κ3) is 1.82. The molecule has 0 aliphatic heterocycles. The lowest BCUT2D eigenvalue weighted by molar-refractivity contribution is -0.117. The highest BCUT2D eigenvalue weighted by Gasteiger charge is 1.97. The van der Waals surface area contributed by atoms with E-state index in [1.807, 2.05) is 7.05 Å². The van der Waals surface area contributed by atoms with Gasteiger partial charge >= 0.3 is 0 Å². The van der Waals surface area contributed by atoms with E-state index in [0.717, 1.165) is 12.2 Å². The van der Waals surface area contributed by atoms with Crippen LogP contribution in [0.3, 0.4) is 0 Å². The van der Waals surface area contributed by atoms with E-state index in [0.29, 0.717) is 0 Å². The Morgan fingerprint density at radius 3 is 3.10 bits per heavy atom. The summed E-state index contributed by atoms with van der Waals surface area (Å²) < 4.78 is 0. The molecule has 0 spiro atoms. The minimum Gasteiger partial charge on any atom is -0.347 e. The smallest absolute Gasteiger partial charge is 0.0922 e. The van der Waals surface area contributed by atoms with Crippen molar-refractivity contribution in [3.05, 3.63) is 18.2 Å². The largest absolute Gasteiger partial charge is 0.347 e. The van der Waals surface area contributed by atoms with Gasteiger partial charge in [0.05, 0.1) is 25.7 Å². The first-order valence-electron chi connectivity index (χ1n) is 3.05. The fourth-order valence-corrected chi connectivity index (χ4v) is 0.676. The molecule has 4 heteroatoms. The average Bonchev–Trinajstić information content (AvgIpc) is 2.40. The van der Waals surface area contributed by atoms with Crippen LogP contribution in [0.4, 0.5) is 0 Å². The highest BCUT2D eigenvalue weighted by Crippen LogP contribution is 1.95. The molecule has 1 aromatic rings. The number of imidazole rings is 1. The first-order chi connectivity index (χ1) is 4.83. The van der Waals surface area contributed by atoms with E-state index in [-0.39, 0.29) is 0 Å². The number of hydroxylamine groups is 2. The fourth-order valence-electron chi connectivity index (χ4n) is 0.676. The van der Waals surface area contributed by atoms with Crippen molar-refractivity contribution in [1.82, 2.24) is 15.0 Å². The molecule has 56 valence electrons. The van der Waals surface area contributed by atoms with Gasteiger partial charge in [0.2, 0.25) is 0 Å². The summed E-state index contributed by atoms with van der Waals surface area (Å²) in [6.07, 6.45) is 3.42. The molecule has 0 atom stereocenters. The van der Waals surface area contributed by atoms with Crippen LogP contribution in [-0.2, 0) is 11.4 Å². The highest BCUT2D eigenvalue weighted by molar-refractivity contribution is 4.92. The van der Waals surface area contributed by atoms with Crippen LogP contribution in [0.1, 0.15) is 5.69 Å². The Kier molecular flexibility index (Phi) is 2.42. The van der Waals surface area contributed by atoms with Crippen molar-refractivity contribution in [3.8, 4) is 0 Å². The Morgan fingerprint density at radius 2 is 2.60 bits per heavy atom.